The highest BCUT2D eigenvalue weighted by Crippen LogP contribution is 2.23. The molecule has 1 aromatic rings. The fraction of sp³-hybridized carbons (Fsp3) is 0.143. The van der Waals surface area contributed by atoms with E-state index in [0.717, 1.165) is 6.07 Å². The van der Waals surface area contributed by atoms with Gasteiger partial charge in [0, 0.05) is 0 Å². The summed E-state index contributed by atoms with van der Waals surface area (Å²) in [5.74, 6) is 2.95. The number of nitrogens with two attached hydrogens (primary N) is 1. The zero-order chi connectivity index (χ0) is 9.14. The Labute approximate surface area is 76.4 Å². The Hall–Kier alpha value is -0.520. The highest BCUT2D eigenvalue weighted by atomic mass is 79.9. The van der Waals surface area contributed by atoms with Gasteiger partial charge in [0.2, 0.25) is 0 Å². The van der Waals surface area contributed by atoms with Crippen molar-refractivity contribution < 1.29 is 13.6 Å². The van der Waals surface area contributed by atoms with Crippen LogP contribution in [0.1, 0.15) is 5.56 Å². The highest BCUT2D eigenvalue weighted by molar-refractivity contribution is 9.10. The number of hydrogen-bond donors (Lipinski definition) is 1. The lowest BCUT2D eigenvalue weighted by Crippen LogP contribution is -2.01. The van der Waals surface area contributed by atoms with Crippen molar-refractivity contribution in [2.24, 2.45) is 5.90 Å². The second kappa shape index (κ2) is 3.93. The first-order valence-corrected chi connectivity index (χ1v) is 3.90. The molecule has 12 heavy (non-hydrogen) atoms. The smallest absolute Gasteiger partial charge is 0.173 e. The first kappa shape index (κ1) is 9.57. The van der Waals surface area contributed by atoms with Crippen LogP contribution in [0.15, 0.2) is 16.6 Å². The van der Waals surface area contributed by atoms with Crippen molar-refractivity contribution in [1.82, 2.24) is 0 Å². The van der Waals surface area contributed by atoms with E-state index in [1.807, 2.05) is 0 Å². The Morgan fingerprint density at radius 2 is 2.08 bits per heavy atom. The maximum Gasteiger partial charge on any atom is 0.173 e. The molecule has 0 spiro atoms. The SMILES string of the molecule is NOCc1ccc(F)c(F)c1Br. The summed E-state index contributed by atoms with van der Waals surface area (Å²) in [6.45, 7) is 0.0395. The van der Waals surface area contributed by atoms with Gasteiger partial charge < -0.3 is 0 Å². The molecule has 0 aliphatic carbocycles. The van der Waals surface area contributed by atoms with Gasteiger partial charge in [0.25, 0.3) is 0 Å². The van der Waals surface area contributed by atoms with Crippen LogP contribution < -0.4 is 5.90 Å². The van der Waals surface area contributed by atoms with Gasteiger partial charge in [-0.2, -0.15) is 0 Å². The summed E-state index contributed by atoms with van der Waals surface area (Å²) in [6.07, 6.45) is 0. The maximum absolute atomic E-state index is 12.8. The molecule has 0 aliphatic rings. The van der Waals surface area contributed by atoms with Gasteiger partial charge in [0.05, 0.1) is 11.1 Å². The monoisotopic (exact) mass is 237 g/mol. The van der Waals surface area contributed by atoms with Crippen molar-refractivity contribution in [3.8, 4) is 0 Å². The van der Waals surface area contributed by atoms with Gasteiger partial charge in [-0.25, -0.2) is 14.7 Å². The number of rotatable bonds is 2. The van der Waals surface area contributed by atoms with Crippen LogP contribution in [0.25, 0.3) is 0 Å². The van der Waals surface area contributed by atoms with E-state index in [1.165, 1.54) is 6.07 Å². The Morgan fingerprint density at radius 1 is 1.42 bits per heavy atom. The Morgan fingerprint density at radius 3 is 2.67 bits per heavy atom. The second-order valence-corrected chi connectivity index (χ2v) is 2.94. The minimum Gasteiger partial charge on any atom is -0.300 e. The van der Waals surface area contributed by atoms with E-state index in [4.69, 9.17) is 5.90 Å². The summed E-state index contributed by atoms with van der Waals surface area (Å²) in [4.78, 5) is 4.28. The average molecular weight is 238 g/mol. The zero-order valence-corrected chi connectivity index (χ0v) is 7.57. The van der Waals surface area contributed by atoms with Crippen LogP contribution in [0.5, 0.6) is 0 Å². The van der Waals surface area contributed by atoms with E-state index < -0.39 is 11.6 Å². The molecule has 1 aromatic carbocycles. The topological polar surface area (TPSA) is 35.2 Å². The van der Waals surface area contributed by atoms with E-state index >= 15 is 0 Å². The standard InChI is InChI=1S/C7H6BrF2NO/c8-6-4(3-12-11)1-2-5(9)7(6)10/h1-2H,3,11H2. The normalized spacial score (nSPS) is 10.3. The summed E-state index contributed by atoms with van der Waals surface area (Å²) in [5.41, 5.74) is 0.469. The van der Waals surface area contributed by atoms with Crippen molar-refractivity contribution in [2.75, 3.05) is 0 Å². The summed E-state index contributed by atoms with van der Waals surface area (Å²) in [7, 11) is 0. The molecule has 0 aromatic heterocycles. The quantitative estimate of drug-likeness (QED) is 0.632. The number of benzene rings is 1. The molecule has 2 N–H and O–H groups in total. The van der Waals surface area contributed by atoms with Gasteiger partial charge >= 0.3 is 0 Å². The first-order valence-electron chi connectivity index (χ1n) is 3.11. The van der Waals surface area contributed by atoms with Gasteiger partial charge in [-0.3, -0.25) is 4.84 Å². The Kier molecular flexibility index (Phi) is 3.13. The molecule has 0 heterocycles. The zero-order valence-electron chi connectivity index (χ0n) is 5.98. The van der Waals surface area contributed by atoms with Crippen LogP contribution in [0.3, 0.4) is 0 Å². The summed E-state index contributed by atoms with van der Waals surface area (Å²) < 4.78 is 25.4. The molecule has 0 radical (unpaired) electrons. The van der Waals surface area contributed by atoms with Crippen LogP contribution in [0.2, 0.25) is 0 Å². The van der Waals surface area contributed by atoms with Crippen molar-refractivity contribution in [3.63, 3.8) is 0 Å². The van der Waals surface area contributed by atoms with Crippen molar-refractivity contribution in [2.45, 2.75) is 6.61 Å². The minimum atomic E-state index is -0.926. The van der Waals surface area contributed by atoms with E-state index in [9.17, 15) is 8.78 Å². The van der Waals surface area contributed by atoms with Crippen LogP contribution in [-0.2, 0) is 11.4 Å². The molecule has 0 fully saturated rings. The lowest BCUT2D eigenvalue weighted by molar-refractivity contribution is 0.123. The van der Waals surface area contributed by atoms with Gasteiger partial charge in [0.15, 0.2) is 11.6 Å². The Balaban J connectivity index is 3.08. The van der Waals surface area contributed by atoms with Crippen LogP contribution in [-0.4, -0.2) is 0 Å². The van der Waals surface area contributed by atoms with Crippen molar-refractivity contribution in [1.29, 1.82) is 0 Å². The van der Waals surface area contributed by atoms with E-state index in [0.29, 0.717) is 5.56 Å². The molecule has 2 nitrogen and oxygen atoms in total. The first-order chi connectivity index (χ1) is 5.66. The van der Waals surface area contributed by atoms with E-state index in [-0.39, 0.29) is 11.1 Å². The van der Waals surface area contributed by atoms with E-state index in [2.05, 4.69) is 20.8 Å². The number of halogens is 3. The summed E-state index contributed by atoms with van der Waals surface area (Å²) in [6, 6.07) is 2.42. The fourth-order valence-electron chi connectivity index (χ4n) is 0.767. The molecule has 5 heteroatoms. The second-order valence-electron chi connectivity index (χ2n) is 2.15. The maximum atomic E-state index is 12.8. The molecular weight excluding hydrogens is 232 g/mol. The van der Waals surface area contributed by atoms with E-state index in [1.54, 1.807) is 0 Å². The predicted octanol–water partition coefficient (Wildman–Crippen LogP) is 2.12. The summed E-state index contributed by atoms with van der Waals surface area (Å²) >= 11 is 2.88. The Bertz CT molecular complexity index is 293. The average Bonchev–Trinajstić information content (AvgIpc) is 2.07. The molecule has 0 unspecified atom stereocenters. The van der Waals surface area contributed by atoms with Gasteiger partial charge in [-0.15, -0.1) is 0 Å². The molecule has 66 valence electrons. The predicted molar refractivity (Wildman–Crippen MR) is 43.0 cm³/mol. The molecule has 1 rings (SSSR count). The third-order valence-electron chi connectivity index (χ3n) is 1.35. The van der Waals surface area contributed by atoms with Crippen LogP contribution >= 0.6 is 15.9 Å². The van der Waals surface area contributed by atoms with Gasteiger partial charge in [-0.1, -0.05) is 6.07 Å². The van der Waals surface area contributed by atoms with Crippen LogP contribution in [0, 0.1) is 11.6 Å². The lowest BCUT2D eigenvalue weighted by atomic mass is 10.2. The third-order valence-corrected chi connectivity index (χ3v) is 2.21. The largest absolute Gasteiger partial charge is 0.300 e. The van der Waals surface area contributed by atoms with Gasteiger partial charge in [-0.05, 0) is 27.6 Å². The fourth-order valence-corrected chi connectivity index (χ4v) is 1.20. The molecule has 0 amide bonds. The molecule has 0 aliphatic heterocycles. The lowest BCUT2D eigenvalue weighted by Gasteiger charge is -2.03. The molecule has 0 atom stereocenters. The molecule has 0 saturated heterocycles. The molecule has 0 bridgehead atoms. The summed E-state index contributed by atoms with van der Waals surface area (Å²) in [5, 5.41) is 0. The highest BCUT2D eigenvalue weighted by Gasteiger charge is 2.10. The molecular formula is C7H6BrF2NO. The van der Waals surface area contributed by atoms with Crippen molar-refractivity contribution >= 4 is 15.9 Å². The van der Waals surface area contributed by atoms with Gasteiger partial charge in [0.1, 0.15) is 0 Å². The number of hydrogen-bond acceptors (Lipinski definition) is 2. The van der Waals surface area contributed by atoms with Crippen molar-refractivity contribution in [3.05, 3.63) is 33.8 Å². The third kappa shape index (κ3) is 1.80. The van der Waals surface area contributed by atoms with Crippen LogP contribution in [0.4, 0.5) is 8.78 Å². The minimum absolute atomic E-state index is 0.0395. The molecule has 0 saturated carbocycles.